The normalized spacial score (nSPS) is 16.9. The van der Waals surface area contributed by atoms with Gasteiger partial charge < -0.3 is 10.2 Å². The molecular formula is C17H27N3S. The van der Waals surface area contributed by atoms with E-state index in [2.05, 4.69) is 60.2 Å². The summed E-state index contributed by atoms with van der Waals surface area (Å²) in [4.78, 5) is 4.75. The monoisotopic (exact) mass is 305 g/mol. The van der Waals surface area contributed by atoms with E-state index in [9.17, 15) is 0 Å². The highest BCUT2D eigenvalue weighted by Crippen LogP contribution is 2.22. The number of hydrogen-bond donors (Lipinski definition) is 1. The van der Waals surface area contributed by atoms with Crippen molar-refractivity contribution >= 4 is 17.3 Å². The SMILES string of the molecule is CNC(=S)N1CCN(Cc2ccc(C(C)(C)C)cc2)CC1. The second kappa shape index (κ2) is 6.75. The van der Waals surface area contributed by atoms with Crippen LogP contribution in [0.1, 0.15) is 31.9 Å². The molecule has 1 heterocycles. The maximum absolute atomic E-state index is 5.29. The van der Waals surface area contributed by atoms with Gasteiger partial charge in [0.1, 0.15) is 0 Å². The fraction of sp³-hybridized carbons (Fsp3) is 0.588. The summed E-state index contributed by atoms with van der Waals surface area (Å²) in [5.41, 5.74) is 3.02. The van der Waals surface area contributed by atoms with Crippen molar-refractivity contribution in [2.24, 2.45) is 0 Å². The van der Waals surface area contributed by atoms with E-state index < -0.39 is 0 Å². The van der Waals surface area contributed by atoms with Gasteiger partial charge in [-0.05, 0) is 28.8 Å². The van der Waals surface area contributed by atoms with Crippen LogP contribution in [0.2, 0.25) is 0 Å². The Balaban J connectivity index is 1.88. The van der Waals surface area contributed by atoms with Crippen LogP contribution in [0.25, 0.3) is 0 Å². The van der Waals surface area contributed by atoms with Gasteiger partial charge in [0.2, 0.25) is 0 Å². The zero-order valence-electron chi connectivity index (χ0n) is 13.6. The van der Waals surface area contributed by atoms with E-state index in [1.807, 2.05) is 7.05 Å². The van der Waals surface area contributed by atoms with Gasteiger partial charge in [-0.15, -0.1) is 0 Å². The van der Waals surface area contributed by atoms with Gasteiger partial charge in [-0.1, -0.05) is 45.0 Å². The lowest BCUT2D eigenvalue weighted by atomic mass is 9.87. The van der Waals surface area contributed by atoms with Crippen LogP contribution in [0, 0.1) is 0 Å². The molecule has 0 radical (unpaired) electrons. The highest BCUT2D eigenvalue weighted by atomic mass is 32.1. The van der Waals surface area contributed by atoms with Gasteiger partial charge in [-0.25, -0.2) is 0 Å². The van der Waals surface area contributed by atoms with E-state index in [0.29, 0.717) is 0 Å². The van der Waals surface area contributed by atoms with Gasteiger partial charge in [0, 0.05) is 39.8 Å². The van der Waals surface area contributed by atoms with Crippen molar-refractivity contribution in [2.45, 2.75) is 32.7 Å². The average molecular weight is 305 g/mol. The fourth-order valence-electron chi connectivity index (χ4n) is 2.64. The third-order valence-electron chi connectivity index (χ3n) is 4.10. The Kier molecular flexibility index (Phi) is 5.22. The molecule has 0 saturated carbocycles. The molecule has 0 atom stereocenters. The molecule has 0 spiro atoms. The average Bonchev–Trinajstić information content (AvgIpc) is 2.47. The van der Waals surface area contributed by atoms with Gasteiger partial charge in [0.05, 0.1) is 0 Å². The minimum absolute atomic E-state index is 0.229. The first-order valence-electron chi connectivity index (χ1n) is 7.68. The predicted octanol–water partition coefficient (Wildman–Crippen LogP) is 2.61. The molecule has 0 aliphatic carbocycles. The quantitative estimate of drug-likeness (QED) is 0.846. The first-order chi connectivity index (χ1) is 9.90. The van der Waals surface area contributed by atoms with E-state index in [0.717, 1.165) is 37.8 Å². The standard InChI is InChI=1S/C17H27N3S/c1-17(2,3)15-7-5-14(6-8-15)13-19-9-11-20(12-10-19)16(21)18-4/h5-8H,9-13H2,1-4H3,(H,18,21). The Hall–Kier alpha value is -1.13. The maximum atomic E-state index is 5.29. The summed E-state index contributed by atoms with van der Waals surface area (Å²) < 4.78 is 0. The summed E-state index contributed by atoms with van der Waals surface area (Å²) in [6, 6.07) is 9.07. The van der Waals surface area contributed by atoms with Crippen LogP contribution >= 0.6 is 12.2 Å². The van der Waals surface area contributed by atoms with Crippen LogP contribution in [0.15, 0.2) is 24.3 Å². The molecule has 0 aromatic heterocycles. The summed E-state index contributed by atoms with van der Waals surface area (Å²) >= 11 is 5.29. The topological polar surface area (TPSA) is 18.5 Å². The van der Waals surface area contributed by atoms with Crippen molar-refractivity contribution in [1.29, 1.82) is 0 Å². The number of benzene rings is 1. The molecule has 1 aromatic carbocycles. The lowest BCUT2D eigenvalue weighted by Crippen LogP contribution is -2.50. The highest BCUT2D eigenvalue weighted by molar-refractivity contribution is 7.80. The fourth-order valence-corrected chi connectivity index (χ4v) is 2.82. The van der Waals surface area contributed by atoms with Crippen molar-refractivity contribution in [3.8, 4) is 0 Å². The Morgan fingerprint density at radius 1 is 1.10 bits per heavy atom. The van der Waals surface area contributed by atoms with E-state index in [4.69, 9.17) is 12.2 Å². The molecule has 0 bridgehead atoms. The second-order valence-corrected chi connectivity index (χ2v) is 7.15. The van der Waals surface area contributed by atoms with Crippen molar-refractivity contribution < 1.29 is 0 Å². The molecule has 1 fully saturated rings. The maximum Gasteiger partial charge on any atom is 0.168 e. The highest BCUT2D eigenvalue weighted by Gasteiger charge is 2.18. The number of hydrogen-bond acceptors (Lipinski definition) is 2. The van der Waals surface area contributed by atoms with Crippen molar-refractivity contribution in [3.05, 3.63) is 35.4 Å². The van der Waals surface area contributed by atoms with Crippen LogP contribution in [0.5, 0.6) is 0 Å². The first kappa shape index (κ1) is 16.2. The Bertz CT molecular complexity index is 468. The molecule has 1 aromatic rings. The largest absolute Gasteiger partial charge is 0.366 e. The number of nitrogens with zero attached hydrogens (tertiary/aromatic N) is 2. The van der Waals surface area contributed by atoms with Crippen molar-refractivity contribution in [3.63, 3.8) is 0 Å². The molecule has 3 nitrogen and oxygen atoms in total. The molecule has 1 N–H and O–H groups in total. The molecule has 0 unspecified atom stereocenters. The van der Waals surface area contributed by atoms with E-state index in [1.165, 1.54) is 11.1 Å². The molecule has 1 aliphatic heterocycles. The van der Waals surface area contributed by atoms with Crippen LogP contribution < -0.4 is 5.32 Å². The molecule has 1 aliphatic rings. The summed E-state index contributed by atoms with van der Waals surface area (Å²) in [6.45, 7) is 12.0. The van der Waals surface area contributed by atoms with Gasteiger partial charge >= 0.3 is 0 Å². The predicted molar refractivity (Wildman–Crippen MR) is 93.6 cm³/mol. The summed E-state index contributed by atoms with van der Waals surface area (Å²) in [7, 11) is 1.89. The minimum Gasteiger partial charge on any atom is -0.366 e. The molecule has 21 heavy (non-hydrogen) atoms. The molecule has 1 saturated heterocycles. The first-order valence-corrected chi connectivity index (χ1v) is 8.09. The Labute approximate surface area is 134 Å². The van der Waals surface area contributed by atoms with Crippen molar-refractivity contribution in [2.75, 3.05) is 33.2 Å². The smallest absolute Gasteiger partial charge is 0.168 e. The molecule has 2 rings (SSSR count). The van der Waals surface area contributed by atoms with Crippen LogP contribution in [0.3, 0.4) is 0 Å². The zero-order chi connectivity index (χ0) is 15.5. The van der Waals surface area contributed by atoms with Gasteiger partial charge in [-0.2, -0.15) is 0 Å². The van der Waals surface area contributed by atoms with Gasteiger partial charge in [0.25, 0.3) is 0 Å². The summed E-state index contributed by atoms with van der Waals surface area (Å²) in [6.07, 6.45) is 0. The molecule has 116 valence electrons. The van der Waals surface area contributed by atoms with E-state index in [-0.39, 0.29) is 5.41 Å². The number of piperazine rings is 1. The Morgan fingerprint density at radius 3 is 2.14 bits per heavy atom. The number of thiocarbonyl (C=S) groups is 1. The molecule has 4 heteroatoms. The van der Waals surface area contributed by atoms with E-state index in [1.54, 1.807) is 0 Å². The van der Waals surface area contributed by atoms with Crippen LogP contribution in [0.4, 0.5) is 0 Å². The van der Waals surface area contributed by atoms with Crippen molar-refractivity contribution in [1.82, 2.24) is 15.1 Å². The zero-order valence-corrected chi connectivity index (χ0v) is 14.5. The summed E-state index contributed by atoms with van der Waals surface area (Å²) in [5.74, 6) is 0. The third kappa shape index (κ3) is 4.42. The van der Waals surface area contributed by atoms with Gasteiger partial charge in [-0.3, -0.25) is 4.90 Å². The lowest BCUT2D eigenvalue weighted by molar-refractivity contribution is 0.175. The Morgan fingerprint density at radius 2 is 1.67 bits per heavy atom. The van der Waals surface area contributed by atoms with E-state index >= 15 is 0 Å². The number of nitrogens with one attached hydrogen (secondary N) is 1. The van der Waals surface area contributed by atoms with Crippen LogP contribution in [-0.2, 0) is 12.0 Å². The van der Waals surface area contributed by atoms with Gasteiger partial charge in [0.15, 0.2) is 5.11 Å². The third-order valence-corrected chi connectivity index (χ3v) is 4.56. The second-order valence-electron chi connectivity index (χ2n) is 6.77. The minimum atomic E-state index is 0.229. The molecular weight excluding hydrogens is 278 g/mol. The number of rotatable bonds is 2. The summed E-state index contributed by atoms with van der Waals surface area (Å²) in [5, 5.41) is 3.92. The lowest BCUT2D eigenvalue weighted by Gasteiger charge is -2.36. The molecule has 0 amide bonds. The van der Waals surface area contributed by atoms with Crippen LogP contribution in [-0.4, -0.2) is 48.1 Å².